The van der Waals surface area contributed by atoms with E-state index in [2.05, 4.69) is 175 Å². The molecule has 0 bridgehead atoms. The largest absolute Gasteiger partial charge is 0.455 e. The molecule has 2 aromatic heterocycles. The zero-order chi connectivity index (χ0) is 39.1. The summed E-state index contributed by atoms with van der Waals surface area (Å²) in [6.45, 7) is 0. The van der Waals surface area contributed by atoms with Crippen LogP contribution in [-0.2, 0) is 0 Å². The molecule has 2 heterocycles. The van der Waals surface area contributed by atoms with Crippen LogP contribution >= 0.6 is 0 Å². The van der Waals surface area contributed by atoms with Gasteiger partial charge in [0, 0.05) is 33.5 Å². The molecule has 59 heavy (non-hydrogen) atoms. The summed E-state index contributed by atoms with van der Waals surface area (Å²) in [4.78, 5) is 7.36. The lowest BCUT2D eigenvalue weighted by atomic mass is 9.98. The maximum absolute atomic E-state index is 6.63. The normalized spacial score (nSPS) is 11.4. The topological polar surface area (TPSA) is 42.4 Å². The third kappa shape index (κ3) is 6.24. The molecule has 0 saturated heterocycles. The van der Waals surface area contributed by atoms with Crippen molar-refractivity contribution in [3.05, 3.63) is 218 Å². The highest BCUT2D eigenvalue weighted by molar-refractivity contribution is 6.20. The van der Waals surface area contributed by atoms with Crippen molar-refractivity contribution in [3.63, 3.8) is 0 Å². The van der Waals surface area contributed by atoms with E-state index < -0.39 is 0 Å². The number of nitrogens with zero attached hydrogens (tertiary/aromatic N) is 2. The molecule has 0 saturated carbocycles. The summed E-state index contributed by atoms with van der Waals surface area (Å²) in [6.07, 6.45) is 0. The number of oxazole rings is 1. The minimum atomic E-state index is 0.586. The van der Waals surface area contributed by atoms with Crippen LogP contribution in [0, 0.1) is 0 Å². The second-order valence-corrected chi connectivity index (χ2v) is 14.7. The summed E-state index contributed by atoms with van der Waals surface area (Å²) in [6, 6.07) is 76.4. The molecule has 11 rings (SSSR count). The number of rotatable bonds is 8. The number of para-hydroxylation sites is 2. The second kappa shape index (κ2) is 14.5. The van der Waals surface area contributed by atoms with Crippen LogP contribution in [0.25, 0.3) is 89.0 Å². The average Bonchev–Trinajstić information content (AvgIpc) is 3.93. The summed E-state index contributed by atoms with van der Waals surface area (Å²) < 4.78 is 13.1. The first-order valence-electron chi connectivity index (χ1n) is 19.9. The molecule has 4 heteroatoms. The van der Waals surface area contributed by atoms with Gasteiger partial charge in [-0.15, -0.1) is 0 Å². The van der Waals surface area contributed by atoms with Gasteiger partial charge in [-0.2, -0.15) is 0 Å². The molecule has 0 aliphatic heterocycles. The van der Waals surface area contributed by atoms with E-state index in [1.165, 1.54) is 16.7 Å². The summed E-state index contributed by atoms with van der Waals surface area (Å²) >= 11 is 0. The predicted molar refractivity (Wildman–Crippen MR) is 243 cm³/mol. The van der Waals surface area contributed by atoms with Crippen molar-refractivity contribution in [3.8, 4) is 56.0 Å². The summed E-state index contributed by atoms with van der Waals surface area (Å²) in [5.41, 5.74) is 16.2. The fourth-order valence-corrected chi connectivity index (χ4v) is 8.23. The van der Waals surface area contributed by atoms with Crippen molar-refractivity contribution in [1.82, 2.24) is 4.98 Å². The smallest absolute Gasteiger partial charge is 0.227 e. The Morgan fingerprint density at radius 2 is 0.831 bits per heavy atom. The van der Waals surface area contributed by atoms with E-state index >= 15 is 0 Å². The Morgan fingerprint density at radius 1 is 0.356 bits per heavy atom. The first-order chi connectivity index (χ1) is 29.2. The van der Waals surface area contributed by atoms with Crippen LogP contribution in [0.4, 0.5) is 17.1 Å². The molecule has 0 unspecified atom stereocenters. The van der Waals surface area contributed by atoms with Crippen LogP contribution < -0.4 is 4.90 Å². The van der Waals surface area contributed by atoms with Crippen LogP contribution in [0.1, 0.15) is 0 Å². The van der Waals surface area contributed by atoms with Gasteiger partial charge in [-0.05, 0) is 88.0 Å². The highest BCUT2D eigenvalue weighted by atomic mass is 16.4. The number of fused-ring (bicyclic) bond motifs is 5. The van der Waals surface area contributed by atoms with Crippen LogP contribution in [0.15, 0.2) is 227 Å². The zero-order valence-electron chi connectivity index (χ0n) is 32.0. The van der Waals surface area contributed by atoms with Crippen LogP contribution in [0.5, 0.6) is 0 Å². The van der Waals surface area contributed by atoms with E-state index in [0.29, 0.717) is 5.89 Å². The standard InChI is InChI=1S/C55H36N2O2/c1-4-14-37(15-5-1)38-24-26-39(27-25-38)40-28-32-44(33-29-40)57(49-22-12-10-20-46(49)41-16-6-2-7-17-41)45-34-30-42(31-35-45)48-36-51-53(56-55(59-51)43-18-8-3-9-19-43)52-47-21-11-13-23-50(47)58-54(48)52/h1-36H. The molecule has 0 spiro atoms. The highest BCUT2D eigenvalue weighted by Crippen LogP contribution is 2.45. The molecule has 0 N–H and O–H groups in total. The minimum absolute atomic E-state index is 0.586. The molecular weight excluding hydrogens is 721 g/mol. The van der Waals surface area contributed by atoms with Gasteiger partial charge in [0.1, 0.15) is 16.7 Å². The molecule has 11 aromatic rings. The first kappa shape index (κ1) is 34.3. The Balaban J connectivity index is 1.02. The number of hydrogen-bond acceptors (Lipinski definition) is 4. The summed E-state index contributed by atoms with van der Waals surface area (Å²) in [5.74, 6) is 0.586. The lowest BCUT2D eigenvalue weighted by Gasteiger charge is -2.28. The molecule has 0 fully saturated rings. The van der Waals surface area contributed by atoms with Crippen molar-refractivity contribution in [2.24, 2.45) is 0 Å². The molecule has 4 nitrogen and oxygen atoms in total. The number of hydrogen-bond donors (Lipinski definition) is 0. The van der Waals surface area contributed by atoms with E-state index in [0.717, 1.165) is 83.5 Å². The first-order valence-corrected chi connectivity index (χ1v) is 19.9. The average molecular weight is 757 g/mol. The molecule has 278 valence electrons. The Labute approximate surface area is 341 Å². The van der Waals surface area contributed by atoms with Crippen molar-refractivity contribution in [2.45, 2.75) is 0 Å². The minimum Gasteiger partial charge on any atom is -0.455 e. The molecule has 0 amide bonds. The summed E-state index contributed by atoms with van der Waals surface area (Å²) in [5, 5.41) is 1.97. The SMILES string of the molecule is c1ccc(-c2ccc(-c3ccc(N(c4ccc(-c5cc6oc(-c7ccccc7)nc6c6c5oc5ccccc56)cc4)c4ccccc4-c4ccccc4)cc3)cc2)cc1. The monoisotopic (exact) mass is 756 g/mol. The van der Waals surface area contributed by atoms with Gasteiger partial charge in [0.15, 0.2) is 5.58 Å². The van der Waals surface area contributed by atoms with Gasteiger partial charge in [-0.1, -0.05) is 164 Å². The Kier molecular flexibility index (Phi) is 8.45. The third-order valence-corrected chi connectivity index (χ3v) is 11.1. The van der Waals surface area contributed by atoms with Crippen molar-refractivity contribution >= 4 is 50.1 Å². The fraction of sp³-hybridized carbons (Fsp3) is 0. The quantitative estimate of drug-likeness (QED) is 0.155. The second-order valence-electron chi connectivity index (χ2n) is 14.7. The molecule has 9 aromatic carbocycles. The molecule has 0 atom stereocenters. The van der Waals surface area contributed by atoms with Gasteiger partial charge in [0.05, 0.1) is 11.1 Å². The maximum Gasteiger partial charge on any atom is 0.227 e. The van der Waals surface area contributed by atoms with E-state index in [-0.39, 0.29) is 0 Å². The predicted octanol–water partition coefficient (Wildman–Crippen LogP) is 15.5. The highest BCUT2D eigenvalue weighted by Gasteiger charge is 2.22. The number of furan rings is 1. The van der Waals surface area contributed by atoms with E-state index in [4.69, 9.17) is 13.8 Å². The van der Waals surface area contributed by atoms with Crippen molar-refractivity contribution in [2.75, 3.05) is 4.90 Å². The Morgan fingerprint density at radius 3 is 1.47 bits per heavy atom. The zero-order valence-corrected chi connectivity index (χ0v) is 32.0. The van der Waals surface area contributed by atoms with Crippen molar-refractivity contribution < 1.29 is 8.83 Å². The van der Waals surface area contributed by atoms with Gasteiger partial charge in [0.25, 0.3) is 0 Å². The van der Waals surface area contributed by atoms with Gasteiger partial charge < -0.3 is 13.7 Å². The van der Waals surface area contributed by atoms with Crippen LogP contribution in [-0.4, -0.2) is 4.98 Å². The molecule has 0 aliphatic carbocycles. The lowest BCUT2D eigenvalue weighted by Crippen LogP contribution is -2.11. The van der Waals surface area contributed by atoms with Gasteiger partial charge in [0.2, 0.25) is 5.89 Å². The lowest BCUT2D eigenvalue weighted by molar-refractivity contribution is 0.619. The van der Waals surface area contributed by atoms with Gasteiger partial charge in [-0.25, -0.2) is 4.98 Å². The number of anilines is 3. The maximum atomic E-state index is 6.63. The molecule has 0 radical (unpaired) electrons. The van der Waals surface area contributed by atoms with Crippen LogP contribution in [0.2, 0.25) is 0 Å². The Bertz CT molecular complexity index is 3220. The van der Waals surface area contributed by atoms with E-state index in [9.17, 15) is 0 Å². The molecule has 0 aliphatic rings. The van der Waals surface area contributed by atoms with Gasteiger partial charge in [-0.3, -0.25) is 0 Å². The Hall–Kier alpha value is -7.95. The van der Waals surface area contributed by atoms with E-state index in [1.807, 2.05) is 48.5 Å². The third-order valence-electron chi connectivity index (χ3n) is 11.1. The van der Waals surface area contributed by atoms with Crippen LogP contribution in [0.3, 0.4) is 0 Å². The summed E-state index contributed by atoms with van der Waals surface area (Å²) in [7, 11) is 0. The number of benzene rings is 9. The van der Waals surface area contributed by atoms with E-state index in [1.54, 1.807) is 0 Å². The van der Waals surface area contributed by atoms with Crippen molar-refractivity contribution in [1.29, 1.82) is 0 Å². The number of aromatic nitrogens is 1. The van der Waals surface area contributed by atoms with Gasteiger partial charge >= 0.3 is 0 Å². The molecular formula is C55H36N2O2. The fourth-order valence-electron chi connectivity index (χ4n) is 8.23.